The first-order chi connectivity index (χ1) is 10.2. The Balaban J connectivity index is 2.17. The van der Waals surface area contributed by atoms with Gasteiger partial charge in [0.2, 0.25) is 0 Å². The van der Waals surface area contributed by atoms with Gasteiger partial charge in [0, 0.05) is 5.69 Å². The van der Waals surface area contributed by atoms with Crippen LogP contribution in [0.2, 0.25) is 0 Å². The van der Waals surface area contributed by atoms with Crippen molar-refractivity contribution in [3.63, 3.8) is 0 Å². The number of aryl methyl sites for hydroxylation is 1. The normalized spacial score (nSPS) is 17.4. The summed E-state index contributed by atoms with van der Waals surface area (Å²) in [5, 5.41) is 0. The number of H-pyrrole nitrogens is 1. The Morgan fingerprint density at radius 1 is 1.00 bits per heavy atom. The number of carbonyl (C=O) groups excluding carboxylic acids is 1. The van der Waals surface area contributed by atoms with Crippen molar-refractivity contribution in [3.8, 4) is 0 Å². The smallest absolute Gasteiger partial charge is 0.355 e. The molecule has 0 saturated carbocycles. The fourth-order valence-corrected chi connectivity index (χ4v) is 3.32. The molecule has 0 fully saturated rings. The first-order valence-electron chi connectivity index (χ1n) is 8.61. The molecule has 0 aliphatic heterocycles. The minimum absolute atomic E-state index is 0.202. The summed E-state index contributed by atoms with van der Waals surface area (Å²) < 4.78 is 5.17. The highest BCUT2D eigenvalue weighted by atomic mass is 16.5. The number of rotatable bonds is 2. The molecule has 0 bridgehead atoms. The van der Waals surface area contributed by atoms with Gasteiger partial charge in [-0.2, -0.15) is 0 Å². The van der Waals surface area contributed by atoms with Crippen LogP contribution < -0.4 is 0 Å². The van der Waals surface area contributed by atoms with E-state index in [-0.39, 0.29) is 5.97 Å². The van der Waals surface area contributed by atoms with E-state index in [9.17, 15) is 4.79 Å². The van der Waals surface area contributed by atoms with E-state index in [0.29, 0.717) is 12.3 Å². The third-order valence-electron chi connectivity index (χ3n) is 4.55. The van der Waals surface area contributed by atoms with Gasteiger partial charge >= 0.3 is 5.97 Å². The molecule has 0 atom stereocenters. The van der Waals surface area contributed by atoms with Crippen LogP contribution in [0.1, 0.15) is 85.6 Å². The second kappa shape index (κ2) is 8.26. The first kappa shape index (κ1) is 16.1. The van der Waals surface area contributed by atoms with Gasteiger partial charge in [0.1, 0.15) is 5.69 Å². The second-order valence-electron chi connectivity index (χ2n) is 6.13. The van der Waals surface area contributed by atoms with Gasteiger partial charge < -0.3 is 9.72 Å². The summed E-state index contributed by atoms with van der Waals surface area (Å²) in [5.74, 6) is -0.202. The molecule has 1 N–H and O–H groups in total. The lowest BCUT2D eigenvalue weighted by Gasteiger charge is -2.08. The minimum atomic E-state index is -0.202. The Hall–Kier alpha value is -1.25. The van der Waals surface area contributed by atoms with Gasteiger partial charge in [-0.1, -0.05) is 38.5 Å². The Morgan fingerprint density at radius 2 is 1.57 bits per heavy atom. The van der Waals surface area contributed by atoms with Gasteiger partial charge in [-0.3, -0.25) is 0 Å². The van der Waals surface area contributed by atoms with Gasteiger partial charge in [0.25, 0.3) is 0 Å². The number of nitrogens with one attached hydrogen (secondary N) is 1. The average molecular weight is 291 g/mol. The van der Waals surface area contributed by atoms with Gasteiger partial charge in [0.15, 0.2) is 0 Å². The van der Waals surface area contributed by atoms with E-state index in [4.69, 9.17) is 4.74 Å². The summed E-state index contributed by atoms with van der Waals surface area (Å²) in [4.78, 5) is 15.4. The van der Waals surface area contributed by atoms with E-state index in [1.807, 2.05) is 6.92 Å². The standard InChI is InChI=1S/C18H29NO2/c1-3-21-18(20)17-14(2)15-12-10-8-6-4-5-7-9-11-13-16(15)19-17/h19H,3-13H2,1-2H3. The lowest BCUT2D eigenvalue weighted by atomic mass is 9.97. The fraction of sp³-hybridized carbons (Fsp3) is 0.722. The van der Waals surface area contributed by atoms with Crippen LogP contribution >= 0.6 is 0 Å². The van der Waals surface area contributed by atoms with Crippen LogP contribution in [0.25, 0.3) is 0 Å². The zero-order valence-electron chi connectivity index (χ0n) is 13.6. The molecule has 1 aliphatic rings. The first-order valence-corrected chi connectivity index (χ1v) is 8.61. The molecule has 118 valence electrons. The molecule has 0 aromatic carbocycles. The van der Waals surface area contributed by atoms with Crippen molar-refractivity contribution in [2.45, 2.75) is 78.1 Å². The summed E-state index contributed by atoms with van der Waals surface area (Å²) in [7, 11) is 0. The van der Waals surface area contributed by atoms with Crippen molar-refractivity contribution in [2.24, 2.45) is 0 Å². The number of esters is 1. The Labute approximate surface area is 128 Å². The molecule has 0 amide bonds. The molecule has 2 rings (SSSR count). The number of ether oxygens (including phenoxy) is 1. The molecule has 0 spiro atoms. The van der Waals surface area contributed by atoms with Crippen LogP contribution in [0, 0.1) is 6.92 Å². The highest BCUT2D eigenvalue weighted by molar-refractivity contribution is 5.89. The third kappa shape index (κ3) is 4.36. The predicted molar refractivity (Wildman–Crippen MR) is 85.8 cm³/mol. The summed E-state index contributed by atoms with van der Waals surface area (Å²) in [6, 6.07) is 0. The van der Waals surface area contributed by atoms with Crippen molar-refractivity contribution in [1.82, 2.24) is 4.98 Å². The van der Waals surface area contributed by atoms with E-state index in [1.165, 1.54) is 62.6 Å². The summed E-state index contributed by atoms with van der Waals surface area (Å²) in [5.41, 5.74) is 4.44. The van der Waals surface area contributed by atoms with E-state index >= 15 is 0 Å². The zero-order chi connectivity index (χ0) is 15.1. The maximum atomic E-state index is 12.0. The SMILES string of the molecule is CCOC(=O)c1[nH]c2c(c1C)CCCCCCCCCC2. The topological polar surface area (TPSA) is 42.1 Å². The van der Waals surface area contributed by atoms with Gasteiger partial charge in [0.05, 0.1) is 6.61 Å². The number of hydrogen-bond donors (Lipinski definition) is 1. The minimum Gasteiger partial charge on any atom is -0.461 e. The van der Waals surface area contributed by atoms with Crippen molar-refractivity contribution in [3.05, 3.63) is 22.5 Å². The molecule has 3 heteroatoms. The maximum absolute atomic E-state index is 12.0. The van der Waals surface area contributed by atoms with Crippen LogP contribution in [-0.4, -0.2) is 17.6 Å². The van der Waals surface area contributed by atoms with E-state index in [2.05, 4.69) is 11.9 Å². The molecular weight excluding hydrogens is 262 g/mol. The summed E-state index contributed by atoms with van der Waals surface area (Å²) in [6.07, 6.45) is 12.7. The number of fused-ring (bicyclic) bond motifs is 1. The molecule has 1 aliphatic carbocycles. The molecule has 1 heterocycles. The van der Waals surface area contributed by atoms with Crippen LogP contribution in [0.4, 0.5) is 0 Å². The number of aromatic amines is 1. The van der Waals surface area contributed by atoms with Gasteiger partial charge in [-0.25, -0.2) is 4.79 Å². The average Bonchev–Trinajstić information content (AvgIpc) is 2.76. The Kier molecular flexibility index (Phi) is 6.34. The quantitative estimate of drug-likeness (QED) is 0.801. The fourth-order valence-electron chi connectivity index (χ4n) is 3.32. The van der Waals surface area contributed by atoms with Crippen LogP contribution in [0.5, 0.6) is 0 Å². The monoisotopic (exact) mass is 291 g/mol. The highest BCUT2D eigenvalue weighted by Gasteiger charge is 2.19. The lowest BCUT2D eigenvalue weighted by molar-refractivity contribution is 0.0519. The maximum Gasteiger partial charge on any atom is 0.355 e. The molecule has 1 aromatic rings. The lowest BCUT2D eigenvalue weighted by Crippen LogP contribution is -2.06. The van der Waals surface area contributed by atoms with Crippen LogP contribution in [-0.2, 0) is 17.6 Å². The van der Waals surface area contributed by atoms with Gasteiger partial charge in [-0.15, -0.1) is 0 Å². The highest BCUT2D eigenvalue weighted by Crippen LogP contribution is 2.24. The van der Waals surface area contributed by atoms with E-state index in [0.717, 1.165) is 18.4 Å². The van der Waals surface area contributed by atoms with E-state index < -0.39 is 0 Å². The molecule has 0 radical (unpaired) electrons. The molecule has 21 heavy (non-hydrogen) atoms. The van der Waals surface area contributed by atoms with E-state index in [1.54, 1.807) is 0 Å². The molecule has 3 nitrogen and oxygen atoms in total. The van der Waals surface area contributed by atoms with Crippen molar-refractivity contribution < 1.29 is 9.53 Å². The Bertz CT molecular complexity index is 462. The molecule has 0 saturated heterocycles. The largest absolute Gasteiger partial charge is 0.461 e. The summed E-state index contributed by atoms with van der Waals surface area (Å²) in [6.45, 7) is 4.35. The molecular formula is C18H29NO2. The van der Waals surface area contributed by atoms with Crippen LogP contribution in [0.3, 0.4) is 0 Å². The number of carbonyl (C=O) groups is 1. The van der Waals surface area contributed by atoms with Gasteiger partial charge in [-0.05, 0) is 50.7 Å². The van der Waals surface area contributed by atoms with Crippen molar-refractivity contribution in [2.75, 3.05) is 6.61 Å². The zero-order valence-corrected chi connectivity index (χ0v) is 13.6. The van der Waals surface area contributed by atoms with Crippen LogP contribution in [0.15, 0.2) is 0 Å². The number of hydrogen-bond acceptors (Lipinski definition) is 2. The van der Waals surface area contributed by atoms with Crippen molar-refractivity contribution >= 4 is 5.97 Å². The summed E-state index contributed by atoms with van der Waals surface area (Å²) >= 11 is 0. The molecule has 1 aromatic heterocycles. The second-order valence-corrected chi connectivity index (χ2v) is 6.13. The van der Waals surface area contributed by atoms with Crippen molar-refractivity contribution in [1.29, 1.82) is 0 Å². The Morgan fingerprint density at radius 3 is 2.19 bits per heavy atom. The third-order valence-corrected chi connectivity index (χ3v) is 4.55. The predicted octanol–water partition coefficient (Wildman–Crippen LogP) is 4.72. The number of aromatic nitrogens is 1. The molecule has 0 unspecified atom stereocenters.